The molecule has 1 atom stereocenters. The lowest BCUT2D eigenvalue weighted by atomic mass is 9.93. The zero-order valence-corrected chi connectivity index (χ0v) is 12.3. The number of nitrogens with one attached hydrogen (secondary N) is 1. The minimum atomic E-state index is -0.812. The number of carbonyl (C=O) groups is 1. The van der Waals surface area contributed by atoms with Crippen molar-refractivity contribution in [2.24, 2.45) is 5.92 Å². The molecular weight excluding hydrogens is 254 g/mol. The van der Waals surface area contributed by atoms with Gasteiger partial charge < -0.3 is 9.84 Å². The van der Waals surface area contributed by atoms with Gasteiger partial charge in [0.2, 0.25) is 0 Å². The average molecular weight is 281 g/mol. The van der Waals surface area contributed by atoms with Crippen LogP contribution in [-0.4, -0.2) is 35.4 Å². The van der Waals surface area contributed by atoms with Gasteiger partial charge in [-0.05, 0) is 44.4 Å². The van der Waals surface area contributed by atoms with Crippen molar-refractivity contribution >= 4 is 5.97 Å². The molecular formula is C16H27NO3. The van der Waals surface area contributed by atoms with E-state index in [4.69, 9.17) is 4.74 Å². The van der Waals surface area contributed by atoms with Crippen molar-refractivity contribution < 1.29 is 14.6 Å². The Kier molecular flexibility index (Phi) is 4.32. The lowest BCUT2D eigenvalue weighted by molar-refractivity contribution is -0.150. The molecule has 2 N–H and O–H groups in total. The first-order valence-electron chi connectivity index (χ1n) is 8.33. The van der Waals surface area contributed by atoms with Gasteiger partial charge in [-0.2, -0.15) is 0 Å². The Morgan fingerprint density at radius 2 is 1.70 bits per heavy atom. The maximum atomic E-state index is 11.9. The topological polar surface area (TPSA) is 58.6 Å². The van der Waals surface area contributed by atoms with Crippen LogP contribution in [0.1, 0.15) is 64.2 Å². The third-order valence-corrected chi connectivity index (χ3v) is 5.04. The molecule has 0 aromatic heterocycles. The highest BCUT2D eigenvalue weighted by Gasteiger charge is 2.53. The van der Waals surface area contributed by atoms with Gasteiger partial charge in [0.15, 0.2) is 0 Å². The van der Waals surface area contributed by atoms with E-state index in [0.29, 0.717) is 12.6 Å². The highest BCUT2D eigenvalue weighted by molar-refractivity contribution is 5.80. The summed E-state index contributed by atoms with van der Waals surface area (Å²) in [5, 5.41) is 13.1. The van der Waals surface area contributed by atoms with Crippen molar-refractivity contribution in [1.82, 2.24) is 5.32 Å². The molecule has 0 aromatic rings. The van der Waals surface area contributed by atoms with Crippen LogP contribution in [0.5, 0.6) is 0 Å². The normalized spacial score (nSPS) is 27.8. The summed E-state index contributed by atoms with van der Waals surface area (Å²) in [5.41, 5.74) is -0.812. The molecule has 20 heavy (non-hydrogen) atoms. The van der Waals surface area contributed by atoms with Gasteiger partial charge in [-0.15, -0.1) is 0 Å². The molecule has 3 fully saturated rings. The minimum Gasteiger partial charge on any atom is -0.480 e. The van der Waals surface area contributed by atoms with Crippen LogP contribution in [0.3, 0.4) is 0 Å². The van der Waals surface area contributed by atoms with Crippen molar-refractivity contribution in [2.45, 2.75) is 81.9 Å². The van der Waals surface area contributed by atoms with E-state index in [1.807, 2.05) is 0 Å². The van der Waals surface area contributed by atoms with E-state index in [-0.39, 0.29) is 12.0 Å². The molecule has 4 heteroatoms. The first-order chi connectivity index (χ1) is 9.71. The van der Waals surface area contributed by atoms with Crippen LogP contribution in [0.4, 0.5) is 0 Å². The number of rotatable bonds is 7. The standard InChI is InChI=1S/C16H27NO3/c18-15(19)16(12-7-8-12,17-13-9-10-13)11-20-14-5-3-1-2-4-6-14/h12-14,17H,1-11H2,(H,18,19). The lowest BCUT2D eigenvalue weighted by Gasteiger charge is -2.32. The fourth-order valence-electron chi connectivity index (χ4n) is 3.40. The molecule has 0 saturated heterocycles. The molecule has 0 aliphatic heterocycles. The summed E-state index contributed by atoms with van der Waals surface area (Å²) in [4.78, 5) is 11.9. The highest BCUT2D eigenvalue weighted by atomic mass is 16.5. The van der Waals surface area contributed by atoms with Gasteiger partial charge >= 0.3 is 5.97 Å². The SMILES string of the molecule is O=C(O)C(COC1CCCCCC1)(NC1CC1)C1CC1. The molecule has 0 aromatic carbocycles. The quantitative estimate of drug-likeness (QED) is 0.704. The number of hydrogen-bond donors (Lipinski definition) is 2. The van der Waals surface area contributed by atoms with E-state index in [1.54, 1.807) is 0 Å². The highest BCUT2D eigenvalue weighted by Crippen LogP contribution is 2.42. The Hall–Kier alpha value is -0.610. The summed E-state index contributed by atoms with van der Waals surface area (Å²) in [6.07, 6.45) is 11.8. The molecule has 3 rings (SSSR count). The molecule has 0 spiro atoms. The summed E-state index contributed by atoms with van der Waals surface area (Å²) in [7, 11) is 0. The summed E-state index contributed by atoms with van der Waals surface area (Å²) in [5.74, 6) is -0.438. The lowest BCUT2D eigenvalue weighted by Crippen LogP contribution is -2.58. The van der Waals surface area contributed by atoms with E-state index in [9.17, 15) is 9.90 Å². The van der Waals surface area contributed by atoms with Crippen molar-refractivity contribution in [3.63, 3.8) is 0 Å². The second kappa shape index (κ2) is 6.02. The predicted octanol–water partition coefficient (Wildman–Crippen LogP) is 2.71. The van der Waals surface area contributed by atoms with Gasteiger partial charge in [-0.25, -0.2) is 0 Å². The molecule has 0 heterocycles. The summed E-state index contributed by atoms with van der Waals surface area (Å²) in [6, 6.07) is 0.407. The van der Waals surface area contributed by atoms with Crippen LogP contribution in [-0.2, 0) is 9.53 Å². The smallest absolute Gasteiger partial charge is 0.326 e. The minimum absolute atomic E-state index is 0.270. The predicted molar refractivity (Wildman–Crippen MR) is 76.7 cm³/mol. The Morgan fingerprint density at radius 1 is 1.05 bits per heavy atom. The van der Waals surface area contributed by atoms with Gasteiger partial charge in [0.05, 0.1) is 12.7 Å². The first kappa shape index (κ1) is 14.3. The van der Waals surface area contributed by atoms with E-state index < -0.39 is 11.5 Å². The van der Waals surface area contributed by atoms with Crippen molar-refractivity contribution in [3.8, 4) is 0 Å². The van der Waals surface area contributed by atoms with Gasteiger partial charge in [0.1, 0.15) is 5.54 Å². The number of hydrogen-bond acceptors (Lipinski definition) is 3. The van der Waals surface area contributed by atoms with E-state index in [2.05, 4.69) is 5.32 Å². The summed E-state index contributed by atoms with van der Waals surface area (Å²) < 4.78 is 6.08. The van der Waals surface area contributed by atoms with Gasteiger partial charge in [0, 0.05) is 6.04 Å². The fraction of sp³-hybridized carbons (Fsp3) is 0.938. The van der Waals surface area contributed by atoms with E-state index in [1.165, 1.54) is 25.7 Å². The Labute approximate surface area is 121 Å². The van der Waals surface area contributed by atoms with Crippen molar-refractivity contribution in [2.75, 3.05) is 6.61 Å². The molecule has 1 unspecified atom stereocenters. The zero-order valence-electron chi connectivity index (χ0n) is 12.3. The largest absolute Gasteiger partial charge is 0.480 e. The third kappa shape index (κ3) is 3.34. The monoisotopic (exact) mass is 281 g/mol. The van der Waals surface area contributed by atoms with E-state index in [0.717, 1.165) is 38.5 Å². The number of carboxylic acids is 1. The number of aliphatic carboxylic acids is 1. The Balaban J connectivity index is 1.61. The van der Waals surface area contributed by atoms with Crippen LogP contribution in [0.25, 0.3) is 0 Å². The van der Waals surface area contributed by atoms with E-state index >= 15 is 0 Å². The van der Waals surface area contributed by atoms with Crippen LogP contribution in [0, 0.1) is 5.92 Å². The van der Waals surface area contributed by atoms with Crippen LogP contribution >= 0.6 is 0 Å². The summed E-state index contributed by atoms with van der Waals surface area (Å²) in [6.45, 7) is 0.355. The molecule has 4 nitrogen and oxygen atoms in total. The molecule has 3 aliphatic carbocycles. The summed E-state index contributed by atoms with van der Waals surface area (Å²) >= 11 is 0. The maximum absolute atomic E-state index is 11.9. The Bertz CT molecular complexity index is 344. The van der Waals surface area contributed by atoms with Gasteiger partial charge in [-0.3, -0.25) is 10.1 Å². The molecule has 114 valence electrons. The maximum Gasteiger partial charge on any atom is 0.326 e. The molecule has 3 saturated carbocycles. The molecule has 3 aliphatic rings. The molecule has 0 amide bonds. The number of carboxylic acid groups (broad SMARTS) is 1. The third-order valence-electron chi connectivity index (χ3n) is 5.04. The first-order valence-corrected chi connectivity index (χ1v) is 8.33. The number of ether oxygens (including phenoxy) is 1. The Morgan fingerprint density at radius 3 is 2.20 bits per heavy atom. The zero-order chi connectivity index (χ0) is 14.0. The fourth-order valence-corrected chi connectivity index (χ4v) is 3.40. The second-order valence-corrected chi connectivity index (χ2v) is 6.89. The van der Waals surface area contributed by atoms with Crippen molar-refractivity contribution in [1.29, 1.82) is 0 Å². The molecule has 0 radical (unpaired) electrons. The average Bonchev–Trinajstić information content (AvgIpc) is 3.31. The second-order valence-electron chi connectivity index (χ2n) is 6.89. The molecule has 0 bridgehead atoms. The van der Waals surface area contributed by atoms with Crippen LogP contribution in [0.2, 0.25) is 0 Å². The van der Waals surface area contributed by atoms with Crippen LogP contribution in [0.15, 0.2) is 0 Å². The van der Waals surface area contributed by atoms with Gasteiger partial charge in [0.25, 0.3) is 0 Å². The van der Waals surface area contributed by atoms with Gasteiger partial charge in [-0.1, -0.05) is 25.7 Å². The van der Waals surface area contributed by atoms with Crippen LogP contribution < -0.4 is 5.32 Å². The van der Waals surface area contributed by atoms with Crippen molar-refractivity contribution in [3.05, 3.63) is 0 Å².